The molecule has 0 spiro atoms. The molecule has 0 unspecified atom stereocenters. The Bertz CT molecular complexity index is 1620. The molecule has 0 aromatic heterocycles. The van der Waals surface area contributed by atoms with Gasteiger partial charge in [0.25, 0.3) is 11.8 Å². The van der Waals surface area contributed by atoms with Crippen LogP contribution in [0.5, 0.6) is 11.5 Å². The van der Waals surface area contributed by atoms with E-state index in [0.29, 0.717) is 29.7 Å². The number of hydrogen-bond donors (Lipinski definition) is 1. The van der Waals surface area contributed by atoms with Crippen molar-refractivity contribution in [1.82, 2.24) is 14.7 Å². The largest absolute Gasteiger partial charge is 0.508 e. The number of allylic oxidation sites excluding steroid dienone is 2. The first kappa shape index (κ1) is 30.3. The fraction of sp³-hybridized carbons (Fsp3) is 0.471. The van der Waals surface area contributed by atoms with Crippen molar-refractivity contribution < 1.29 is 29.0 Å². The van der Waals surface area contributed by atoms with Crippen LogP contribution in [0, 0.1) is 17.8 Å². The first-order valence-corrected chi connectivity index (χ1v) is 16.2. The number of likely N-dealkylation sites (tertiary alicyclic amines) is 3. The maximum absolute atomic E-state index is 14.3. The van der Waals surface area contributed by atoms with Crippen LogP contribution in [0.1, 0.15) is 42.7 Å². The average molecular weight is 653 g/mol. The van der Waals surface area contributed by atoms with E-state index in [4.69, 9.17) is 27.9 Å². The minimum Gasteiger partial charge on any atom is -0.508 e. The highest BCUT2D eigenvalue weighted by atomic mass is 35.5. The second-order valence-corrected chi connectivity index (χ2v) is 14.2. The van der Waals surface area contributed by atoms with Crippen molar-refractivity contribution in [2.45, 2.75) is 53.9 Å². The number of carbonyl (C=O) groups excluding carboxylic acids is 4. The first-order valence-electron chi connectivity index (χ1n) is 15.4. The number of aromatic hydroxyl groups is 1. The summed E-state index contributed by atoms with van der Waals surface area (Å²) in [6.45, 7) is 2.34. The molecule has 3 aliphatic heterocycles. The number of phenols is 1. The van der Waals surface area contributed by atoms with Gasteiger partial charge in [-0.2, -0.15) is 0 Å². The lowest BCUT2D eigenvalue weighted by Crippen LogP contribution is -2.60. The molecule has 236 valence electrons. The van der Waals surface area contributed by atoms with Gasteiger partial charge in [-0.1, -0.05) is 48.0 Å². The molecule has 5 aliphatic rings. The molecule has 2 aromatic rings. The highest BCUT2D eigenvalue weighted by molar-refractivity contribution is 6.53. The van der Waals surface area contributed by atoms with E-state index in [0.717, 1.165) is 24.5 Å². The van der Waals surface area contributed by atoms with Gasteiger partial charge in [-0.05, 0) is 43.2 Å². The molecule has 1 N–H and O–H groups in total. The van der Waals surface area contributed by atoms with E-state index in [-0.39, 0.29) is 36.4 Å². The molecule has 6 atom stereocenters. The number of benzene rings is 2. The highest BCUT2D eigenvalue weighted by Gasteiger charge is 2.76. The molecule has 9 nitrogen and oxygen atoms in total. The number of hydrogen-bond acceptors (Lipinski definition) is 7. The summed E-state index contributed by atoms with van der Waals surface area (Å²) in [5, 5.41) is 11.2. The normalized spacial score (nSPS) is 33.6. The summed E-state index contributed by atoms with van der Waals surface area (Å²) in [6, 6.07) is 14.7. The van der Waals surface area contributed by atoms with Crippen LogP contribution >= 0.6 is 23.2 Å². The Morgan fingerprint density at radius 1 is 0.956 bits per heavy atom. The van der Waals surface area contributed by atoms with Crippen molar-refractivity contribution in [1.29, 1.82) is 0 Å². The van der Waals surface area contributed by atoms with Gasteiger partial charge in [-0.25, -0.2) is 0 Å². The standard InChI is InChI=1S/C34H35Cl2N3O6/c1-37-31(43)33(35)17-25-22(28(34(33,36)32(37)44)23-9-8-21(45-2)16-26(23)40)10-11-24-27(25)30(42)39(29(24)41)20-12-14-38(15-13-20)18-19-6-4-3-5-7-19/h3-10,16,20,24-25,27-28,40H,11-15,17-18H2,1-2H3/t24-,25+,27-,28+,33+,34-/m0/s1. The Hall–Kier alpha value is -3.40. The van der Waals surface area contributed by atoms with Crippen molar-refractivity contribution in [3.63, 3.8) is 0 Å². The number of ether oxygens (including phenoxy) is 1. The lowest BCUT2D eigenvalue weighted by Gasteiger charge is -2.50. The summed E-state index contributed by atoms with van der Waals surface area (Å²) < 4.78 is 5.27. The molecule has 11 heteroatoms. The maximum atomic E-state index is 14.3. The Labute approximate surface area is 271 Å². The third kappa shape index (κ3) is 4.30. The number of nitrogens with zero attached hydrogens (tertiary/aromatic N) is 3. The molecule has 3 saturated heterocycles. The smallest absolute Gasteiger partial charge is 0.253 e. The number of rotatable bonds is 5. The second-order valence-electron chi connectivity index (χ2n) is 13.0. The molecular formula is C34H35Cl2N3O6. The van der Waals surface area contributed by atoms with Crippen LogP contribution in [0.2, 0.25) is 0 Å². The van der Waals surface area contributed by atoms with Gasteiger partial charge in [0.15, 0.2) is 9.75 Å². The van der Waals surface area contributed by atoms with E-state index in [1.165, 1.54) is 30.7 Å². The molecule has 2 aromatic carbocycles. The number of fused-ring (bicyclic) bond motifs is 4. The van der Waals surface area contributed by atoms with Crippen LogP contribution in [0.25, 0.3) is 0 Å². The van der Waals surface area contributed by atoms with Gasteiger partial charge >= 0.3 is 0 Å². The van der Waals surface area contributed by atoms with Gasteiger partial charge in [-0.3, -0.25) is 33.9 Å². The van der Waals surface area contributed by atoms with Crippen LogP contribution in [-0.4, -0.2) is 86.5 Å². The summed E-state index contributed by atoms with van der Waals surface area (Å²) in [6.07, 6.45) is 3.46. The zero-order valence-corrected chi connectivity index (χ0v) is 26.6. The quantitative estimate of drug-likeness (QED) is 0.295. The number of halogens is 2. The van der Waals surface area contributed by atoms with Gasteiger partial charge in [0.2, 0.25) is 11.8 Å². The second kappa shape index (κ2) is 10.9. The number of amides is 4. The maximum Gasteiger partial charge on any atom is 0.253 e. The predicted octanol–water partition coefficient (Wildman–Crippen LogP) is 4.05. The Balaban J connectivity index is 1.21. The van der Waals surface area contributed by atoms with E-state index in [2.05, 4.69) is 17.0 Å². The molecular weight excluding hydrogens is 617 g/mol. The van der Waals surface area contributed by atoms with Crippen LogP contribution in [0.15, 0.2) is 60.2 Å². The molecule has 4 amide bonds. The fourth-order valence-electron chi connectivity index (χ4n) is 8.55. The van der Waals surface area contributed by atoms with Gasteiger partial charge in [0, 0.05) is 50.3 Å². The van der Waals surface area contributed by atoms with Crippen LogP contribution in [0.3, 0.4) is 0 Å². The minimum atomic E-state index is -1.95. The van der Waals surface area contributed by atoms with Crippen molar-refractivity contribution in [3.8, 4) is 11.5 Å². The first-order chi connectivity index (χ1) is 21.5. The third-order valence-corrected chi connectivity index (χ3v) is 12.2. The number of methoxy groups -OCH3 is 1. The summed E-state index contributed by atoms with van der Waals surface area (Å²) in [5.74, 6) is -4.50. The monoisotopic (exact) mass is 651 g/mol. The zero-order valence-electron chi connectivity index (χ0n) is 25.1. The number of carbonyl (C=O) groups is 4. The third-order valence-electron chi connectivity index (χ3n) is 10.8. The molecule has 45 heavy (non-hydrogen) atoms. The Morgan fingerprint density at radius 3 is 2.33 bits per heavy atom. The van der Waals surface area contributed by atoms with E-state index in [9.17, 15) is 24.3 Å². The van der Waals surface area contributed by atoms with Crippen molar-refractivity contribution >= 4 is 46.8 Å². The number of piperidine rings is 1. The molecule has 1 saturated carbocycles. The molecule has 7 rings (SSSR count). The Morgan fingerprint density at radius 2 is 1.67 bits per heavy atom. The summed E-state index contributed by atoms with van der Waals surface area (Å²) in [7, 11) is 2.82. The number of imide groups is 2. The highest BCUT2D eigenvalue weighted by Crippen LogP contribution is 2.66. The topological polar surface area (TPSA) is 107 Å². The summed E-state index contributed by atoms with van der Waals surface area (Å²) in [5.41, 5.74) is 2.18. The van der Waals surface area contributed by atoms with Crippen molar-refractivity contribution in [3.05, 3.63) is 71.3 Å². The van der Waals surface area contributed by atoms with Gasteiger partial charge in [0.1, 0.15) is 11.5 Å². The van der Waals surface area contributed by atoms with E-state index >= 15 is 0 Å². The molecule has 4 fully saturated rings. The molecule has 3 heterocycles. The zero-order chi connectivity index (χ0) is 31.8. The number of alkyl halides is 2. The van der Waals surface area contributed by atoms with Crippen LogP contribution in [-0.2, 0) is 25.7 Å². The minimum absolute atomic E-state index is 0.0736. The molecule has 0 bridgehead atoms. The SMILES string of the molecule is COc1ccc([C@H]2C3=CC[C@@H]4C(=O)N(C5CCN(Cc6ccccc6)CC5)C(=O)[C@@H]4[C@@H]3C[C@@]3(Cl)C(=O)N(C)C(=O)[C@@]23Cl)c(O)c1. The fourth-order valence-corrected chi connectivity index (χ4v) is 9.56. The van der Waals surface area contributed by atoms with E-state index in [1.807, 2.05) is 24.3 Å². The average Bonchev–Trinajstić information content (AvgIpc) is 3.37. The molecule has 2 aliphatic carbocycles. The summed E-state index contributed by atoms with van der Waals surface area (Å²) in [4.78, 5) is 56.6. The van der Waals surface area contributed by atoms with Gasteiger partial charge < -0.3 is 9.84 Å². The Kier molecular flexibility index (Phi) is 7.30. The van der Waals surface area contributed by atoms with Crippen LogP contribution < -0.4 is 4.74 Å². The lowest BCUT2D eigenvalue weighted by atomic mass is 9.56. The van der Waals surface area contributed by atoms with E-state index in [1.54, 1.807) is 12.1 Å². The molecule has 0 radical (unpaired) electrons. The van der Waals surface area contributed by atoms with Crippen molar-refractivity contribution in [2.24, 2.45) is 17.8 Å². The lowest BCUT2D eigenvalue weighted by molar-refractivity contribution is -0.144. The van der Waals surface area contributed by atoms with E-state index < -0.39 is 45.2 Å². The van der Waals surface area contributed by atoms with Gasteiger partial charge in [0.05, 0.1) is 18.9 Å². The van der Waals surface area contributed by atoms with Gasteiger partial charge in [-0.15, -0.1) is 23.2 Å². The van der Waals surface area contributed by atoms with Crippen molar-refractivity contribution in [2.75, 3.05) is 27.2 Å². The summed E-state index contributed by atoms with van der Waals surface area (Å²) >= 11 is 14.4. The predicted molar refractivity (Wildman–Crippen MR) is 167 cm³/mol. The number of phenolic OH excluding ortho intramolecular Hbond substituents is 1. The van der Waals surface area contributed by atoms with Crippen LogP contribution in [0.4, 0.5) is 0 Å².